The summed E-state index contributed by atoms with van der Waals surface area (Å²) in [6.45, 7) is 3.94. The molecule has 1 fully saturated rings. The molecule has 4 unspecified atom stereocenters. The minimum atomic E-state index is -1.15. The van der Waals surface area contributed by atoms with Gasteiger partial charge in [-0.3, -0.25) is 14.4 Å². The van der Waals surface area contributed by atoms with Crippen LogP contribution in [-0.4, -0.2) is 70.2 Å². The first-order valence-corrected chi connectivity index (χ1v) is 11.3. The van der Waals surface area contributed by atoms with Crippen LogP contribution in [0.5, 0.6) is 0 Å². The van der Waals surface area contributed by atoms with E-state index in [1.54, 1.807) is 38.1 Å². The number of nitrogens with two attached hydrogens (primary N) is 1. The first kappa shape index (κ1) is 25.7. The zero-order valence-electron chi connectivity index (χ0n) is 18.4. The van der Waals surface area contributed by atoms with Gasteiger partial charge in [0, 0.05) is 18.7 Å². The van der Waals surface area contributed by atoms with E-state index < -0.39 is 42.0 Å². The molecule has 0 bridgehead atoms. The van der Waals surface area contributed by atoms with E-state index >= 15 is 0 Å². The molecule has 1 aromatic carbocycles. The molecule has 2 rings (SSSR count). The molecular formula is C22H32N4O5S. The lowest BCUT2D eigenvalue weighted by Crippen LogP contribution is -2.58. The molecule has 0 radical (unpaired) electrons. The molecule has 1 aliphatic heterocycles. The Morgan fingerprint density at radius 2 is 1.84 bits per heavy atom. The predicted octanol–water partition coefficient (Wildman–Crippen LogP) is 0.187. The molecule has 1 saturated heterocycles. The normalized spacial score (nSPS) is 18.7. The summed E-state index contributed by atoms with van der Waals surface area (Å²) in [4.78, 5) is 51.5. The minimum Gasteiger partial charge on any atom is -0.480 e. The van der Waals surface area contributed by atoms with E-state index in [1.165, 1.54) is 4.90 Å². The summed E-state index contributed by atoms with van der Waals surface area (Å²) in [7, 11) is 0. The van der Waals surface area contributed by atoms with Crippen molar-refractivity contribution >= 4 is 36.3 Å². The van der Waals surface area contributed by atoms with Crippen LogP contribution in [0, 0.1) is 5.92 Å². The molecule has 10 heteroatoms. The Balaban J connectivity index is 2.11. The van der Waals surface area contributed by atoms with E-state index in [1.807, 2.05) is 6.07 Å². The van der Waals surface area contributed by atoms with E-state index in [0.29, 0.717) is 19.4 Å². The lowest BCUT2D eigenvalue weighted by molar-refractivity contribution is -0.145. The number of rotatable bonds is 10. The molecule has 1 aliphatic rings. The van der Waals surface area contributed by atoms with E-state index in [9.17, 15) is 24.3 Å². The third kappa shape index (κ3) is 6.70. The molecule has 3 amide bonds. The number of nitrogens with one attached hydrogen (secondary N) is 2. The summed E-state index contributed by atoms with van der Waals surface area (Å²) in [5, 5.41) is 14.8. The zero-order chi connectivity index (χ0) is 23.8. The Morgan fingerprint density at radius 1 is 1.19 bits per heavy atom. The Kier molecular flexibility index (Phi) is 9.52. The molecule has 0 spiro atoms. The maximum Gasteiger partial charge on any atom is 0.326 e. The van der Waals surface area contributed by atoms with Crippen molar-refractivity contribution < 1.29 is 24.3 Å². The largest absolute Gasteiger partial charge is 0.480 e. The molecule has 4 atom stereocenters. The number of likely N-dealkylation sites (tertiary alicyclic amines) is 1. The standard InChI is InChI=1S/C22H32N4O5S/c1-13(2)18(25-19(27)15(23)12-32)21(29)26-10-6-9-17(26)20(28)24-16(22(30)31)11-14-7-4-3-5-8-14/h3-5,7-8,13,15-18,32H,6,9-12,23H2,1-2H3,(H,24,28)(H,25,27)(H,30,31). The summed E-state index contributed by atoms with van der Waals surface area (Å²) < 4.78 is 0. The second kappa shape index (κ2) is 11.9. The van der Waals surface area contributed by atoms with E-state index in [4.69, 9.17) is 5.73 Å². The molecule has 1 heterocycles. The van der Waals surface area contributed by atoms with Crippen molar-refractivity contribution in [3.05, 3.63) is 35.9 Å². The molecule has 0 aliphatic carbocycles. The van der Waals surface area contributed by atoms with Gasteiger partial charge >= 0.3 is 5.97 Å². The highest BCUT2D eigenvalue weighted by Gasteiger charge is 2.39. The number of hydrogen-bond donors (Lipinski definition) is 5. The third-order valence-corrected chi connectivity index (χ3v) is 5.89. The van der Waals surface area contributed by atoms with Crippen LogP contribution < -0.4 is 16.4 Å². The van der Waals surface area contributed by atoms with Crippen LogP contribution in [0.4, 0.5) is 0 Å². The van der Waals surface area contributed by atoms with Gasteiger partial charge in [-0.05, 0) is 24.3 Å². The quantitative estimate of drug-likeness (QED) is 0.313. The van der Waals surface area contributed by atoms with Crippen LogP contribution in [-0.2, 0) is 25.6 Å². The van der Waals surface area contributed by atoms with Gasteiger partial charge in [0.2, 0.25) is 17.7 Å². The number of carbonyl (C=O) groups excluding carboxylic acids is 3. The first-order chi connectivity index (χ1) is 15.1. The number of nitrogens with zero attached hydrogens (tertiary/aromatic N) is 1. The molecule has 5 N–H and O–H groups in total. The summed E-state index contributed by atoms with van der Waals surface area (Å²) >= 11 is 4.01. The van der Waals surface area contributed by atoms with Crippen LogP contribution in [0.25, 0.3) is 0 Å². The molecule has 0 aromatic heterocycles. The summed E-state index contributed by atoms with van der Waals surface area (Å²) in [6.07, 6.45) is 1.16. The molecule has 176 valence electrons. The topological polar surface area (TPSA) is 142 Å². The first-order valence-electron chi connectivity index (χ1n) is 10.7. The van der Waals surface area contributed by atoms with Gasteiger partial charge in [-0.1, -0.05) is 44.2 Å². The number of amides is 3. The lowest BCUT2D eigenvalue weighted by atomic mass is 10.0. The molecule has 1 aromatic rings. The predicted molar refractivity (Wildman–Crippen MR) is 123 cm³/mol. The highest BCUT2D eigenvalue weighted by atomic mass is 32.1. The van der Waals surface area contributed by atoms with Gasteiger partial charge in [-0.25, -0.2) is 4.79 Å². The lowest BCUT2D eigenvalue weighted by Gasteiger charge is -2.31. The van der Waals surface area contributed by atoms with Gasteiger partial charge in [0.15, 0.2) is 0 Å². The smallest absolute Gasteiger partial charge is 0.326 e. The summed E-state index contributed by atoms with van der Waals surface area (Å²) in [5.41, 5.74) is 6.49. The minimum absolute atomic E-state index is 0.134. The second-order valence-electron chi connectivity index (χ2n) is 8.30. The number of aliphatic carboxylic acids is 1. The highest BCUT2D eigenvalue weighted by molar-refractivity contribution is 7.80. The van der Waals surface area contributed by atoms with E-state index in [-0.39, 0.29) is 24.0 Å². The van der Waals surface area contributed by atoms with Crippen molar-refractivity contribution in [1.29, 1.82) is 0 Å². The zero-order valence-corrected chi connectivity index (χ0v) is 19.3. The third-order valence-electron chi connectivity index (χ3n) is 5.50. The van der Waals surface area contributed by atoms with Crippen molar-refractivity contribution in [2.45, 2.75) is 57.3 Å². The van der Waals surface area contributed by atoms with Crippen LogP contribution in [0.2, 0.25) is 0 Å². The highest BCUT2D eigenvalue weighted by Crippen LogP contribution is 2.21. The number of carbonyl (C=O) groups is 4. The average Bonchev–Trinajstić information content (AvgIpc) is 3.26. The van der Waals surface area contributed by atoms with Crippen LogP contribution in [0.3, 0.4) is 0 Å². The van der Waals surface area contributed by atoms with E-state index in [2.05, 4.69) is 23.3 Å². The number of carboxylic acid groups (broad SMARTS) is 1. The van der Waals surface area contributed by atoms with Crippen LogP contribution in [0.1, 0.15) is 32.3 Å². The Labute approximate surface area is 193 Å². The monoisotopic (exact) mass is 464 g/mol. The SMILES string of the molecule is CC(C)C(NC(=O)C(N)CS)C(=O)N1CCCC1C(=O)NC(Cc1ccccc1)C(=O)O. The molecular weight excluding hydrogens is 432 g/mol. The van der Waals surface area contributed by atoms with Gasteiger partial charge in [0.1, 0.15) is 18.1 Å². The van der Waals surface area contributed by atoms with Gasteiger partial charge in [0.05, 0.1) is 6.04 Å². The van der Waals surface area contributed by atoms with Crippen molar-refractivity contribution in [3.63, 3.8) is 0 Å². The van der Waals surface area contributed by atoms with Gasteiger partial charge in [0.25, 0.3) is 0 Å². The Hall–Kier alpha value is -2.59. The number of benzene rings is 1. The van der Waals surface area contributed by atoms with Gasteiger partial charge < -0.3 is 26.4 Å². The maximum absolute atomic E-state index is 13.2. The fourth-order valence-electron chi connectivity index (χ4n) is 3.66. The van der Waals surface area contributed by atoms with Crippen molar-refractivity contribution in [2.75, 3.05) is 12.3 Å². The molecule has 9 nitrogen and oxygen atoms in total. The molecule has 32 heavy (non-hydrogen) atoms. The van der Waals surface area contributed by atoms with Crippen molar-refractivity contribution in [1.82, 2.24) is 15.5 Å². The van der Waals surface area contributed by atoms with Crippen molar-refractivity contribution in [2.24, 2.45) is 11.7 Å². The Morgan fingerprint density at radius 3 is 2.41 bits per heavy atom. The van der Waals surface area contributed by atoms with Crippen molar-refractivity contribution in [3.8, 4) is 0 Å². The summed E-state index contributed by atoms with van der Waals surface area (Å²) in [6, 6.07) is 5.40. The van der Waals surface area contributed by atoms with Gasteiger partial charge in [-0.15, -0.1) is 0 Å². The number of thiol groups is 1. The van der Waals surface area contributed by atoms with E-state index in [0.717, 1.165) is 5.56 Å². The molecule has 0 saturated carbocycles. The fraction of sp³-hybridized carbons (Fsp3) is 0.545. The fourth-order valence-corrected chi connectivity index (χ4v) is 3.82. The average molecular weight is 465 g/mol. The van der Waals surface area contributed by atoms with Gasteiger partial charge in [-0.2, -0.15) is 12.6 Å². The summed E-state index contributed by atoms with van der Waals surface area (Å²) in [5.74, 6) is -2.62. The maximum atomic E-state index is 13.2. The number of carboxylic acids is 1. The van der Waals surface area contributed by atoms with Crippen LogP contribution in [0.15, 0.2) is 30.3 Å². The number of hydrogen-bond acceptors (Lipinski definition) is 6. The second-order valence-corrected chi connectivity index (χ2v) is 8.66. The Bertz CT molecular complexity index is 820. The van der Waals surface area contributed by atoms with Crippen LogP contribution >= 0.6 is 12.6 Å².